The third kappa shape index (κ3) is 8.30. The molecule has 0 saturated heterocycles. The molecule has 0 unspecified atom stereocenters. The summed E-state index contributed by atoms with van der Waals surface area (Å²) in [6.07, 6.45) is 0. The Labute approximate surface area is 267 Å². The van der Waals surface area contributed by atoms with Crippen molar-refractivity contribution >= 4 is 34.4 Å². The lowest BCUT2D eigenvalue weighted by Gasteiger charge is -2.05. The molecule has 0 aliphatic carbocycles. The van der Waals surface area contributed by atoms with Crippen molar-refractivity contribution in [2.75, 3.05) is 10.9 Å². The van der Waals surface area contributed by atoms with Crippen LogP contribution in [0.25, 0.3) is 11.1 Å². The van der Waals surface area contributed by atoms with E-state index in [-0.39, 0.29) is 0 Å². The molecule has 0 aliphatic rings. The summed E-state index contributed by atoms with van der Waals surface area (Å²) in [4.78, 5) is 0. The van der Waals surface area contributed by atoms with Gasteiger partial charge in [-0.15, -0.1) is 20.5 Å². The lowest BCUT2D eigenvalue weighted by molar-refractivity contribution is 1.22. The summed E-state index contributed by atoms with van der Waals surface area (Å²) in [5, 5.41) is 26.8. The van der Waals surface area contributed by atoms with Gasteiger partial charge in [0.05, 0.1) is 22.7 Å². The Hall–Kier alpha value is -6.54. The van der Waals surface area contributed by atoms with Crippen molar-refractivity contribution in [3.63, 3.8) is 0 Å². The van der Waals surface area contributed by atoms with Crippen molar-refractivity contribution in [2.45, 2.75) is 0 Å². The van der Waals surface area contributed by atoms with E-state index in [1.54, 1.807) is 0 Å². The molecule has 0 atom stereocenters. The van der Waals surface area contributed by atoms with Crippen molar-refractivity contribution in [1.82, 2.24) is 0 Å². The molecule has 0 saturated carbocycles. The van der Waals surface area contributed by atoms with Gasteiger partial charge >= 0.3 is 0 Å². The highest BCUT2D eigenvalue weighted by Gasteiger charge is 2.05. The van der Waals surface area contributed by atoms with Gasteiger partial charge in [-0.25, -0.2) is 0 Å². The third-order valence-corrected chi connectivity index (χ3v) is 6.78. The molecule has 2 N–H and O–H groups in total. The molecule has 0 fully saturated rings. The predicted octanol–water partition coefficient (Wildman–Crippen LogP) is 10.5. The van der Waals surface area contributed by atoms with Crippen LogP contribution in [-0.2, 0) is 0 Å². The zero-order valence-corrected chi connectivity index (χ0v) is 24.8. The topological polar surface area (TPSA) is 98.2 Å². The summed E-state index contributed by atoms with van der Waals surface area (Å²) in [5.74, 6) is 0.962. The van der Waals surface area contributed by atoms with Gasteiger partial charge in [-0.3, -0.25) is 10.9 Å². The minimum Gasteiger partial charge on any atom is -0.276 e. The van der Waals surface area contributed by atoms with Crippen molar-refractivity contribution in [3.8, 4) is 11.1 Å². The maximum Gasteiger partial charge on any atom is 0.201 e. The molecule has 0 aliphatic heterocycles. The highest BCUT2D eigenvalue weighted by Crippen LogP contribution is 2.26. The molecule has 8 nitrogen and oxygen atoms in total. The zero-order valence-electron chi connectivity index (χ0n) is 24.8. The van der Waals surface area contributed by atoms with Crippen molar-refractivity contribution in [3.05, 3.63) is 181 Å². The first kappa shape index (κ1) is 29.5. The number of benzene rings is 6. The highest BCUT2D eigenvalue weighted by atomic mass is 15.3. The fourth-order valence-electron chi connectivity index (χ4n) is 4.38. The molecule has 0 spiro atoms. The van der Waals surface area contributed by atoms with Crippen LogP contribution in [0.4, 0.5) is 22.7 Å². The molecule has 8 heteroatoms. The largest absolute Gasteiger partial charge is 0.276 e. The number of nitrogens with zero attached hydrogens (tertiary/aromatic N) is 6. The van der Waals surface area contributed by atoms with Gasteiger partial charge in [0, 0.05) is 11.1 Å². The molecule has 0 radical (unpaired) electrons. The SMILES string of the molecule is c1ccc(N/N=C(\N=Nc2ccc(-c3ccc(N=N/C(=N\Nc4ccccc4)c4ccccc4)cc3)cc2)c2ccccc2)cc1. The maximum absolute atomic E-state index is 4.50. The average Bonchev–Trinajstić information content (AvgIpc) is 3.14. The molecule has 6 aromatic carbocycles. The normalized spacial score (nSPS) is 12.0. The number of hydrazone groups is 2. The van der Waals surface area contributed by atoms with Crippen LogP contribution in [-0.4, -0.2) is 11.7 Å². The van der Waals surface area contributed by atoms with Crippen molar-refractivity contribution < 1.29 is 0 Å². The summed E-state index contributed by atoms with van der Waals surface area (Å²) in [7, 11) is 0. The van der Waals surface area contributed by atoms with Crippen LogP contribution in [0.1, 0.15) is 11.1 Å². The number of azo groups is 2. The number of hydrogen-bond donors (Lipinski definition) is 2. The van der Waals surface area contributed by atoms with E-state index < -0.39 is 0 Å². The standard InChI is InChI=1S/C38H30N8/c1-5-13-31(14-6-1)37(43-39-33-17-9-3-10-18-33)45-41-35-25-21-29(22-26-35)30-23-27-36(28-24-30)42-46-38(32-15-7-2-8-16-32)44-40-34-19-11-4-12-20-34/h1-28,39-40H/b43-37-,44-38-,45-41?,46-42?. The Morgan fingerprint density at radius 2 is 0.674 bits per heavy atom. The monoisotopic (exact) mass is 598 g/mol. The lowest BCUT2D eigenvalue weighted by atomic mass is 10.1. The van der Waals surface area contributed by atoms with Crippen LogP contribution in [0, 0.1) is 0 Å². The van der Waals surface area contributed by atoms with Crippen LogP contribution in [0.15, 0.2) is 201 Å². The van der Waals surface area contributed by atoms with E-state index in [4.69, 9.17) is 0 Å². The predicted molar refractivity (Wildman–Crippen MR) is 187 cm³/mol. The van der Waals surface area contributed by atoms with E-state index in [9.17, 15) is 0 Å². The van der Waals surface area contributed by atoms with Gasteiger partial charge in [0.25, 0.3) is 0 Å². The van der Waals surface area contributed by atoms with Crippen molar-refractivity contribution in [2.24, 2.45) is 30.7 Å². The number of rotatable bonds is 9. The van der Waals surface area contributed by atoms with Gasteiger partial charge in [0.1, 0.15) is 0 Å². The molecular weight excluding hydrogens is 568 g/mol. The first-order valence-electron chi connectivity index (χ1n) is 14.7. The fourth-order valence-corrected chi connectivity index (χ4v) is 4.38. The summed E-state index contributed by atoms with van der Waals surface area (Å²) < 4.78 is 0. The third-order valence-electron chi connectivity index (χ3n) is 6.78. The van der Waals surface area contributed by atoms with Crippen LogP contribution in [0.5, 0.6) is 0 Å². The second kappa shape index (κ2) is 15.3. The molecule has 6 rings (SSSR count). The minimum absolute atomic E-state index is 0.481. The van der Waals surface area contributed by atoms with E-state index >= 15 is 0 Å². The smallest absolute Gasteiger partial charge is 0.201 e. The van der Waals surface area contributed by atoms with Gasteiger partial charge in [-0.05, 0) is 59.7 Å². The Bertz CT molecular complexity index is 1790. The van der Waals surface area contributed by atoms with E-state index in [0.717, 1.165) is 33.6 Å². The molecule has 0 bridgehead atoms. The lowest BCUT2D eigenvalue weighted by Crippen LogP contribution is -2.00. The molecule has 6 aromatic rings. The molecule has 46 heavy (non-hydrogen) atoms. The van der Waals surface area contributed by atoms with Crippen LogP contribution >= 0.6 is 0 Å². The first-order chi connectivity index (χ1) is 22.8. The summed E-state index contributed by atoms with van der Waals surface area (Å²) >= 11 is 0. The maximum atomic E-state index is 4.50. The minimum atomic E-state index is 0.481. The Balaban J connectivity index is 1.14. The quantitative estimate of drug-likeness (QED) is 0.0749. The van der Waals surface area contributed by atoms with Crippen LogP contribution < -0.4 is 10.9 Å². The molecule has 0 heterocycles. The fraction of sp³-hybridized carbons (Fsp3) is 0. The Morgan fingerprint density at radius 1 is 0.348 bits per heavy atom. The van der Waals surface area contributed by atoms with E-state index in [2.05, 4.69) is 41.5 Å². The first-order valence-corrected chi connectivity index (χ1v) is 14.7. The molecular formula is C38H30N8. The van der Waals surface area contributed by atoms with E-state index in [0.29, 0.717) is 23.0 Å². The summed E-state index contributed by atoms with van der Waals surface area (Å²) in [6.45, 7) is 0. The average molecular weight is 599 g/mol. The molecule has 0 aromatic heterocycles. The van der Waals surface area contributed by atoms with Gasteiger partial charge in [0.2, 0.25) is 11.7 Å². The number of anilines is 2. The number of amidine groups is 2. The Morgan fingerprint density at radius 3 is 1.02 bits per heavy atom. The van der Waals surface area contributed by atoms with Crippen molar-refractivity contribution in [1.29, 1.82) is 0 Å². The molecule has 0 amide bonds. The van der Waals surface area contributed by atoms with Crippen LogP contribution in [0.2, 0.25) is 0 Å². The molecule has 222 valence electrons. The number of nitrogens with one attached hydrogen (secondary N) is 2. The zero-order chi connectivity index (χ0) is 31.2. The summed E-state index contributed by atoms with van der Waals surface area (Å²) in [6, 6.07) is 54.8. The van der Waals surface area contributed by atoms with Gasteiger partial charge in [0.15, 0.2) is 0 Å². The Kier molecular flexibility index (Phi) is 9.80. The number of para-hydroxylation sites is 2. The highest BCUT2D eigenvalue weighted by molar-refractivity contribution is 6.00. The van der Waals surface area contributed by atoms with Gasteiger partial charge in [-0.2, -0.15) is 10.2 Å². The van der Waals surface area contributed by atoms with Gasteiger partial charge in [-0.1, -0.05) is 121 Å². The van der Waals surface area contributed by atoms with Gasteiger partial charge < -0.3 is 0 Å². The number of hydrogen-bond acceptors (Lipinski definition) is 6. The second-order valence-corrected chi connectivity index (χ2v) is 10.1. The van der Waals surface area contributed by atoms with E-state index in [1.165, 1.54) is 0 Å². The van der Waals surface area contributed by atoms with E-state index in [1.807, 2.05) is 170 Å². The van der Waals surface area contributed by atoms with Crippen LogP contribution in [0.3, 0.4) is 0 Å². The summed E-state index contributed by atoms with van der Waals surface area (Å²) in [5.41, 5.74) is 13.1. The second-order valence-electron chi connectivity index (χ2n) is 10.1.